The smallest absolute Gasteiger partial charge is 0.475 e. The Hall–Kier alpha value is -7.22. The molecule has 0 bridgehead atoms. The van der Waals surface area contributed by atoms with Gasteiger partial charge in [0.05, 0.1) is 18.5 Å². The molecule has 2 aliphatic heterocycles. The average molecular weight is 992 g/mol. The van der Waals surface area contributed by atoms with E-state index in [-0.39, 0.29) is 37.6 Å². The summed E-state index contributed by atoms with van der Waals surface area (Å²) in [5, 5.41) is 37.7. The number of halogens is 9. The first-order valence-corrected chi connectivity index (χ1v) is 20.4. The van der Waals surface area contributed by atoms with E-state index in [0.29, 0.717) is 32.6 Å². The number of para-hydroxylation sites is 1. The van der Waals surface area contributed by atoms with Crippen LogP contribution in [0.3, 0.4) is 0 Å². The van der Waals surface area contributed by atoms with Gasteiger partial charge in [0.2, 0.25) is 23.6 Å². The Morgan fingerprint density at radius 3 is 1.54 bits per heavy atom. The van der Waals surface area contributed by atoms with Gasteiger partial charge < -0.3 is 46.9 Å². The van der Waals surface area contributed by atoms with Crippen LogP contribution in [0.25, 0.3) is 10.9 Å². The zero-order valence-corrected chi connectivity index (χ0v) is 35.9. The van der Waals surface area contributed by atoms with Gasteiger partial charge in [-0.15, -0.1) is 0 Å². The maximum absolute atomic E-state index is 14.1. The number of carbonyl (C=O) groups is 7. The zero-order chi connectivity index (χ0) is 51.5. The van der Waals surface area contributed by atoms with Crippen LogP contribution in [0.1, 0.15) is 23.1 Å². The third kappa shape index (κ3) is 19.5. The molecule has 0 unspecified atom stereocenters. The number of rotatable bonds is 7. The predicted molar refractivity (Wildman–Crippen MR) is 225 cm³/mol. The summed E-state index contributed by atoms with van der Waals surface area (Å²) in [7, 11) is 0. The first-order chi connectivity index (χ1) is 32.3. The maximum atomic E-state index is 14.1. The molecule has 0 radical (unpaired) electrons. The summed E-state index contributed by atoms with van der Waals surface area (Å²) in [4.78, 5) is 87.7. The molecule has 2 saturated heterocycles. The molecule has 6 rings (SSSR count). The molecule has 2 aliphatic rings. The number of nitrogens with zero attached hydrogens (tertiary/aromatic N) is 1. The fourth-order valence-electron chi connectivity index (χ4n) is 6.59. The van der Waals surface area contributed by atoms with Crippen molar-refractivity contribution in [1.29, 1.82) is 0 Å². The maximum Gasteiger partial charge on any atom is 0.490 e. The van der Waals surface area contributed by atoms with Gasteiger partial charge in [0.15, 0.2) is 0 Å². The SMILES string of the molecule is O=C(O)C(F)(F)F.O=C(O)C(F)(F)F.O=C(O)C(F)(F)F.O=C1C[C@@H](N2CCNCC2)C(=O)NC[C@@H](Cc2ccccc2)NC(=O)[C@H](Cc2ccccc2)NC(=O)[C@H](Cc2c[nH]c3ccccc23)N1. The van der Waals surface area contributed by atoms with Crippen molar-refractivity contribution in [3.63, 3.8) is 0 Å². The van der Waals surface area contributed by atoms with Crippen LogP contribution in [0.5, 0.6) is 0 Å². The number of alkyl halides is 9. The number of aromatic nitrogens is 1. The van der Waals surface area contributed by atoms with Crippen LogP contribution in [0.4, 0.5) is 39.5 Å². The van der Waals surface area contributed by atoms with Crippen LogP contribution in [-0.4, -0.2) is 142 Å². The number of H-pyrrole nitrogens is 1. The molecule has 2 fully saturated rings. The first kappa shape index (κ1) is 56.1. The van der Waals surface area contributed by atoms with Gasteiger partial charge in [0.1, 0.15) is 12.1 Å². The molecule has 4 atom stereocenters. The third-order valence-corrected chi connectivity index (χ3v) is 9.86. The van der Waals surface area contributed by atoms with Crippen molar-refractivity contribution in [3.05, 3.63) is 108 Å². The first-order valence-electron chi connectivity index (χ1n) is 20.4. The number of aromatic amines is 1. The van der Waals surface area contributed by atoms with Crippen LogP contribution in [0, 0.1) is 0 Å². The quantitative estimate of drug-likeness (QED) is 0.121. The number of nitrogens with one attached hydrogen (secondary N) is 6. The Morgan fingerprint density at radius 2 is 1.03 bits per heavy atom. The van der Waals surface area contributed by atoms with Crippen molar-refractivity contribution in [3.8, 4) is 0 Å². The molecule has 0 saturated carbocycles. The topological polar surface area (TPSA) is 259 Å². The second kappa shape index (κ2) is 25.8. The minimum atomic E-state index is -5.08. The van der Waals surface area contributed by atoms with Crippen LogP contribution < -0.4 is 26.6 Å². The van der Waals surface area contributed by atoms with E-state index >= 15 is 0 Å². The van der Waals surface area contributed by atoms with E-state index in [1.807, 2.05) is 96.0 Å². The second-order valence-corrected chi connectivity index (χ2v) is 15.0. The lowest BCUT2D eigenvalue weighted by atomic mass is 10.00. The Bertz CT molecular complexity index is 2290. The predicted octanol–water partition coefficient (Wildman–Crippen LogP) is 3.34. The number of carbonyl (C=O) groups excluding carboxylic acids is 4. The summed E-state index contributed by atoms with van der Waals surface area (Å²) in [5.41, 5.74) is 3.65. The number of piperazine rings is 1. The summed E-state index contributed by atoms with van der Waals surface area (Å²) in [6.07, 6.45) is -12.6. The monoisotopic (exact) mass is 991 g/mol. The van der Waals surface area contributed by atoms with Crippen LogP contribution in [-0.2, 0) is 52.8 Å². The van der Waals surface area contributed by atoms with Gasteiger partial charge in [-0.2, -0.15) is 39.5 Å². The Balaban J connectivity index is 0.000000500. The lowest BCUT2D eigenvalue weighted by Crippen LogP contribution is -2.60. The van der Waals surface area contributed by atoms with E-state index in [4.69, 9.17) is 29.7 Å². The number of aliphatic carboxylic acids is 3. The molecule has 0 aliphatic carbocycles. The number of carboxylic acid groups (broad SMARTS) is 3. The molecular weight excluding hydrogens is 945 g/mol. The standard InChI is InChI=1S/C37H43N7O4.3C2HF3O2/c45-34-22-33(44-17-15-38-16-18-44)37(48)40-24-28(19-25-9-3-1-4-10-25)41-35(46)31(20-26-11-5-2-6-12-26)43-36(47)32(42-34)21-27-23-39-30-14-8-7-13-29(27)30;3*3-2(4,5)1(6)7/h1-14,23,28,31-33,38-39H,15-22,24H2,(H,40,48)(H,41,46)(H,42,45)(H,43,47);3*(H,6,7)/t28-,31+,32+,33-;;;/m1.../s1. The van der Waals surface area contributed by atoms with Crippen LogP contribution in [0.2, 0.25) is 0 Å². The zero-order valence-electron chi connectivity index (χ0n) is 35.9. The van der Waals surface area contributed by atoms with Crippen molar-refractivity contribution in [1.82, 2.24) is 36.5 Å². The molecular formula is C43H46F9N7O10. The van der Waals surface area contributed by atoms with Gasteiger partial charge in [-0.1, -0.05) is 78.9 Å². The number of fused-ring (bicyclic) bond motifs is 1. The molecule has 9 N–H and O–H groups in total. The highest BCUT2D eigenvalue weighted by Gasteiger charge is 2.40. The molecule has 376 valence electrons. The fraction of sp³-hybridized carbons (Fsp3) is 0.372. The second-order valence-electron chi connectivity index (χ2n) is 15.0. The number of amides is 4. The van der Waals surface area contributed by atoms with Crippen LogP contribution in [0.15, 0.2) is 91.1 Å². The minimum Gasteiger partial charge on any atom is -0.475 e. The van der Waals surface area contributed by atoms with Crippen molar-refractivity contribution in [2.75, 3.05) is 32.7 Å². The molecule has 4 aromatic rings. The van der Waals surface area contributed by atoms with Gasteiger partial charge in [-0.25, -0.2) is 14.4 Å². The molecule has 3 aromatic carbocycles. The Kier molecular flexibility index (Phi) is 21.0. The molecule has 69 heavy (non-hydrogen) atoms. The number of benzene rings is 3. The van der Waals surface area contributed by atoms with E-state index in [9.17, 15) is 58.7 Å². The number of carboxylic acids is 3. The van der Waals surface area contributed by atoms with Gasteiger partial charge in [0.25, 0.3) is 0 Å². The molecule has 1 aromatic heterocycles. The minimum absolute atomic E-state index is 0.105. The third-order valence-electron chi connectivity index (χ3n) is 9.86. The molecule has 26 heteroatoms. The van der Waals surface area contributed by atoms with Crippen molar-refractivity contribution in [2.24, 2.45) is 0 Å². The van der Waals surface area contributed by atoms with Crippen LogP contribution >= 0.6 is 0 Å². The summed E-state index contributed by atoms with van der Waals surface area (Å²) in [6, 6.07) is 23.9. The van der Waals surface area contributed by atoms with Gasteiger partial charge in [0, 0.05) is 62.7 Å². The van der Waals surface area contributed by atoms with E-state index in [1.165, 1.54) is 0 Å². The summed E-state index contributed by atoms with van der Waals surface area (Å²) in [6.45, 7) is 2.78. The van der Waals surface area contributed by atoms with Gasteiger partial charge >= 0.3 is 36.4 Å². The van der Waals surface area contributed by atoms with E-state index in [2.05, 4.69) is 31.6 Å². The fourth-order valence-corrected chi connectivity index (χ4v) is 6.59. The largest absolute Gasteiger partial charge is 0.490 e. The van der Waals surface area contributed by atoms with Crippen molar-refractivity contribution < 1.29 is 88.4 Å². The van der Waals surface area contributed by atoms with Gasteiger partial charge in [-0.3, -0.25) is 24.1 Å². The molecule has 4 amide bonds. The average Bonchev–Trinajstić information content (AvgIpc) is 3.69. The highest BCUT2D eigenvalue weighted by atomic mass is 19.4. The van der Waals surface area contributed by atoms with Crippen molar-refractivity contribution in [2.45, 2.75) is 68.4 Å². The summed E-state index contributed by atoms with van der Waals surface area (Å²) < 4.78 is 95.2. The summed E-state index contributed by atoms with van der Waals surface area (Å²) >= 11 is 0. The van der Waals surface area contributed by atoms with E-state index < -0.39 is 72.4 Å². The lowest BCUT2D eigenvalue weighted by molar-refractivity contribution is -0.193. The van der Waals surface area contributed by atoms with E-state index in [0.717, 1.165) is 27.6 Å². The summed E-state index contributed by atoms with van der Waals surface area (Å²) in [5.74, 6) is -9.79. The normalized spacial score (nSPS) is 19.7. The number of hydrogen-bond acceptors (Lipinski definition) is 9. The Morgan fingerprint density at radius 1 is 0.580 bits per heavy atom. The van der Waals surface area contributed by atoms with Gasteiger partial charge in [-0.05, 0) is 29.2 Å². The molecule has 3 heterocycles. The number of hydrogen-bond donors (Lipinski definition) is 9. The highest BCUT2D eigenvalue weighted by molar-refractivity contribution is 5.95. The highest BCUT2D eigenvalue weighted by Crippen LogP contribution is 2.20. The molecule has 0 spiro atoms. The van der Waals surface area contributed by atoms with E-state index in [1.54, 1.807) is 0 Å². The molecule has 17 nitrogen and oxygen atoms in total. The van der Waals surface area contributed by atoms with Crippen molar-refractivity contribution >= 4 is 52.4 Å². The lowest BCUT2D eigenvalue weighted by Gasteiger charge is -2.34. The Labute approximate surface area is 385 Å².